The highest BCUT2D eigenvalue weighted by Gasteiger charge is 2.31. The largest absolute Gasteiger partial charge is 0.417 e. The van der Waals surface area contributed by atoms with E-state index in [1.807, 2.05) is 22.6 Å². The van der Waals surface area contributed by atoms with Gasteiger partial charge in [0.05, 0.1) is 27.5 Å². The Kier molecular flexibility index (Phi) is 5.43. The summed E-state index contributed by atoms with van der Waals surface area (Å²) in [6.07, 6.45) is -2.26. The van der Waals surface area contributed by atoms with Gasteiger partial charge in [0.15, 0.2) is 0 Å². The predicted octanol–water partition coefficient (Wildman–Crippen LogP) is 5.01. The van der Waals surface area contributed by atoms with E-state index in [2.05, 4.69) is 15.4 Å². The van der Waals surface area contributed by atoms with Gasteiger partial charge in [-0.1, -0.05) is 29.8 Å². The normalized spacial score (nSPS) is 11.5. The van der Waals surface area contributed by atoms with E-state index in [9.17, 15) is 18.0 Å². The molecule has 10 heteroatoms. The van der Waals surface area contributed by atoms with Gasteiger partial charge in [0.25, 0.3) is 5.91 Å². The monoisotopic (exact) mass is 506 g/mol. The second kappa shape index (κ2) is 7.47. The van der Waals surface area contributed by atoms with Gasteiger partial charge in [-0.15, -0.1) is 0 Å². The number of hydrogen-bond donors (Lipinski definition) is 1. The molecule has 3 rings (SSSR count). The summed E-state index contributed by atoms with van der Waals surface area (Å²) in [7, 11) is 1.69. The van der Waals surface area contributed by atoms with E-state index in [-0.39, 0.29) is 10.7 Å². The van der Waals surface area contributed by atoms with E-state index < -0.39 is 17.6 Å². The Morgan fingerprint density at radius 1 is 1.30 bits per heavy atom. The van der Waals surface area contributed by atoms with E-state index in [0.29, 0.717) is 26.7 Å². The van der Waals surface area contributed by atoms with Crippen molar-refractivity contribution in [3.63, 3.8) is 0 Å². The van der Waals surface area contributed by atoms with Crippen LogP contribution in [0.4, 0.5) is 18.9 Å². The molecule has 2 aromatic heterocycles. The quantitative estimate of drug-likeness (QED) is 0.508. The first-order valence-corrected chi connectivity index (χ1v) is 8.95. The summed E-state index contributed by atoms with van der Waals surface area (Å²) in [5.74, 6) is -0.400. The minimum absolute atomic E-state index is 0.140. The van der Waals surface area contributed by atoms with Crippen molar-refractivity contribution in [3.05, 3.63) is 62.6 Å². The van der Waals surface area contributed by atoms with Gasteiger partial charge >= 0.3 is 6.18 Å². The Balaban J connectivity index is 1.97. The maximum atomic E-state index is 12.8. The van der Waals surface area contributed by atoms with Gasteiger partial charge in [-0.25, -0.2) is 0 Å². The van der Waals surface area contributed by atoms with Crippen molar-refractivity contribution in [3.8, 4) is 11.3 Å². The number of hydrogen-bond acceptors (Lipinski definition) is 3. The van der Waals surface area contributed by atoms with Gasteiger partial charge in [-0.05, 0) is 34.7 Å². The fraction of sp³-hybridized carbons (Fsp3) is 0.118. The van der Waals surface area contributed by atoms with Crippen LogP contribution in [0.2, 0.25) is 5.02 Å². The van der Waals surface area contributed by atoms with Crippen LogP contribution >= 0.6 is 34.2 Å². The summed E-state index contributed by atoms with van der Waals surface area (Å²) in [5.41, 5.74) is 0.350. The highest BCUT2D eigenvalue weighted by atomic mass is 127. The minimum atomic E-state index is -4.54. The molecule has 1 aromatic carbocycles. The molecule has 0 aliphatic heterocycles. The van der Waals surface area contributed by atoms with Crippen molar-refractivity contribution >= 4 is 45.8 Å². The number of alkyl halides is 3. The van der Waals surface area contributed by atoms with Crippen molar-refractivity contribution < 1.29 is 18.0 Å². The Morgan fingerprint density at radius 2 is 2.00 bits per heavy atom. The number of aryl methyl sites for hydroxylation is 1. The van der Waals surface area contributed by atoms with Crippen LogP contribution in [0, 0.1) is 3.70 Å². The van der Waals surface area contributed by atoms with Crippen molar-refractivity contribution in [1.29, 1.82) is 0 Å². The van der Waals surface area contributed by atoms with E-state index in [0.717, 1.165) is 6.07 Å². The number of halogens is 5. The lowest BCUT2D eigenvalue weighted by molar-refractivity contribution is -0.137. The number of anilines is 1. The molecule has 140 valence electrons. The maximum absolute atomic E-state index is 12.8. The molecule has 2 heterocycles. The lowest BCUT2D eigenvalue weighted by Crippen LogP contribution is -2.13. The van der Waals surface area contributed by atoms with E-state index >= 15 is 0 Å². The fourth-order valence-electron chi connectivity index (χ4n) is 2.39. The molecule has 0 unspecified atom stereocenters. The molecule has 0 aliphatic carbocycles. The molecule has 27 heavy (non-hydrogen) atoms. The smallest absolute Gasteiger partial charge is 0.321 e. The van der Waals surface area contributed by atoms with Gasteiger partial charge in [0.1, 0.15) is 3.70 Å². The molecule has 0 fully saturated rings. The van der Waals surface area contributed by atoms with Crippen molar-refractivity contribution in [1.82, 2.24) is 14.8 Å². The SMILES string of the molecule is Cn1cc(C(=O)Nc2ccccc2-c2ncc(C(F)(F)F)cc2Cl)c(I)n1. The second-order valence-corrected chi connectivity index (χ2v) is 6.99. The molecule has 0 saturated heterocycles. The van der Waals surface area contributed by atoms with Gasteiger partial charge in [-0.3, -0.25) is 14.5 Å². The summed E-state index contributed by atoms with van der Waals surface area (Å²) in [5, 5.41) is 6.67. The minimum Gasteiger partial charge on any atom is -0.321 e. The Bertz CT molecular complexity index is 1020. The lowest BCUT2D eigenvalue weighted by atomic mass is 10.1. The number of aromatic nitrogens is 3. The van der Waals surface area contributed by atoms with Gasteiger partial charge in [0.2, 0.25) is 0 Å². The highest BCUT2D eigenvalue weighted by Crippen LogP contribution is 2.36. The highest BCUT2D eigenvalue weighted by molar-refractivity contribution is 14.1. The molecule has 0 bridgehead atoms. The van der Waals surface area contributed by atoms with Gasteiger partial charge in [-0.2, -0.15) is 18.3 Å². The summed E-state index contributed by atoms with van der Waals surface area (Å²) in [4.78, 5) is 16.4. The zero-order chi connectivity index (χ0) is 19.8. The van der Waals surface area contributed by atoms with E-state index in [1.165, 1.54) is 4.68 Å². The summed E-state index contributed by atoms with van der Waals surface area (Å²) in [6, 6.07) is 7.41. The second-order valence-electron chi connectivity index (χ2n) is 5.56. The first-order chi connectivity index (χ1) is 12.7. The summed E-state index contributed by atoms with van der Waals surface area (Å²) in [6.45, 7) is 0. The predicted molar refractivity (Wildman–Crippen MR) is 104 cm³/mol. The molecular formula is C17H11ClF3IN4O. The third-order valence-corrected chi connectivity index (χ3v) is 4.71. The van der Waals surface area contributed by atoms with Crippen LogP contribution in [0.25, 0.3) is 11.3 Å². The zero-order valence-electron chi connectivity index (χ0n) is 13.7. The van der Waals surface area contributed by atoms with Gasteiger partial charge in [0, 0.05) is 25.0 Å². The molecular weight excluding hydrogens is 496 g/mol. The maximum Gasteiger partial charge on any atom is 0.417 e. The standard InChI is InChI=1S/C17H11ClF3IN4O/c1-26-8-11(15(22)25-26)16(27)24-13-5-3-2-4-10(13)14-12(18)6-9(7-23-14)17(19,20)21/h2-8H,1H3,(H,24,27). The van der Waals surface area contributed by atoms with Crippen LogP contribution in [0.5, 0.6) is 0 Å². The molecule has 1 N–H and O–H groups in total. The lowest BCUT2D eigenvalue weighted by Gasteiger charge is -2.13. The average molecular weight is 507 g/mol. The number of rotatable bonds is 3. The Hall–Kier alpha value is -2.14. The number of para-hydroxylation sites is 1. The fourth-order valence-corrected chi connectivity index (χ4v) is 3.39. The molecule has 0 saturated carbocycles. The van der Waals surface area contributed by atoms with Crippen LogP contribution in [0.15, 0.2) is 42.7 Å². The van der Waals surface area contributed by atoms with Crippen LogP contribution in [0.3, 0.4) is 0 Å². The Labute approximate surface area is 170 Å². The van der Waals surface area contributed by atoms with Crippen LogP contribution in [-0.4, -0.2) is 20.7 Å². The number of amides is 1. The molecule has 1 amide bonds. The molecule has 0 aliphatic rings. The topological polar surface area (TPSA) is 59.8 Å². The zero-order valence-corrected chi connectivity index (χ0v) is 16.6. The molecule has 0 atom stereocenters. The molecule has 0 radical (unpaired) electrons. The summed E-state index contributed by atoms with van der Waals surface area (Å²) >= 11 is 7.98. The third kappa shape index (κ3) is 4.24. The number of carbonyl (C=O) groups is 1. The first-order valence-electron chi connectivity index (χ1n) is 7.49. The van der Waals surface area contributed by atoms with Crippen LogP contribution in [-0.2, 0) is 13.2 Å². The number of nitrogens with one attached hydrogen (secondary N) is 1. The molecule has 3 aromatic rings. The summed E-state index contributed by atoms with van der Waals surface area (Å²) < 4.78 is 40.5. The van der Waals surface area contributed by atoms with Gasteiger partial charge < -0.3 is 5.32 Å². The Morgan fingerprint density at radius 3 is 2.59 bits per heavy atom. The number of carbonyl (C=O) groups excluding carboxylic acids is 1. The molecule has 0 spiro atoms. The number of pyridine rings is 1. The molecule has 5 nitrogen and oxygen atoms in total. The van der Waals surface area contributed by atoms with E-state index in [4.69, 9.17) is 11.6 Å². The van der Waals surface area contributed by atoms with Crippen molar-refractivity contribution in [2.24, 2.45) is 7.05 Å². The van der Waals surface area contributed by atoms with Crippen LogP contribution < -0.4 is 5.32 Å². The van der Waals surface area contributed by atoms with Crippen LogP contribution in [0.1, 0.15) is 15.9 Å². The first kappa shape index (κ1) is 19.6. The van der Waals surface area contributed by atoms with Crippen molar-refractivity contribution in [2.75, 3.05) is 5.32 Å². The number of nitrogens with zero attached hydrogens (tertiary/aromatic N) is 3. The third-order valence-electron chi connectivity index (χ3n) is 3.63. The van der Waals surface area contributed by atoms with Crippen molar-refractivity contribution in [2.45, 2.75) is 6.18 Å². The van der Waals surface area contributed by atoms with E-state index in [1.54, 1.807) is 37.5 Å². The average Bonchev–Trinajstić information content (AvgIpc) is 2.93. The number of benzene rings is 1.